The number of fused-ring (bicyclic) bond motifs is 1. The summed E-state index contributed by atoms with van der Waals surface area (Å²) in [6.07, 6.45) is -9.71. The van der Waals surface area contributed by atoms with Crippen LogP contribution in [0.1, 0.15) is 100.0 Å². The average molecular weight is 609 g/mol. The Kier molecular flexibility index (Phi) is 15.1. The van der Waals surface area contributed by atoms with Crippen molar-refractivity contribution in [1.29, 1.82) is 0 Å². The zero-order valence-corrected chi connectivity index (χ0v) is 26.3. The predicted octanol–water partition coefficient (Wildman–Crippen LogP) is 10.2. The molecule has 0 amide bonds. The van der Waals surface area contributed by atoms with E-state index in [1.165, 1.54) is 57.4 Å². The van der Waals surface area contributed by atoms with Crippen molar-refractivity contribution >= 4 is 22.7 Å². The Hall–Kier alpha value is -2.78. The molecule has 2 aromatic carbocycles. The van der Waals surface area contributed by atoms with Crippen LogP contribution in [0.2, 0.25) is 0 Å². The van der Waals surface area contributed by atoms with Crippen molar-refractivity contribution in [3.63, 3.8) is 0 Å². The van der Waals surface area contributed by atoms with E-state index in [-0.39, 0.29) is 6.42 Å². The fourth-order valence-electron chi connectivity index (χ4n) is 3.13. The lowest BCUT2D eigenvalue weighted by atomic mass is 9.86. The molecule has 0 heterocycles. The third-order valence-electron chi connectivity index (χ3n) is 6.91. The van der Waals surface area contributed by atoms with E-state index in [9.17, 15) is 35.9 Å². The fraction of sp³-hybridized carbons (Fsp3) is 0.625. The second-order valence-electron chi connectivity index (χ2n) is 11.5. The maximum absolute atomic E-state index is 12.6. The van der Waals surface area contributed by atoms with Crippen molar-refractivity contribution in [3.8, 4) is 0 Å². The Morgan fingerprint density at radius 2 is 1.31 bits per heavy atom. The third kappa shape index (κ3) is 12.6. The topological polar surface area (TPSA) is 52.6 Å². The summed E-state index contributed by atoms with van der Waals surface area (Å²) in [5.74, 6) is -1.83. The molecule has 42 heavy (non-hydrogen) atoms. The normalized spacial score (nSPS) is 15.5. The molecule has 0 aliphatic rings. The van der Waals surface area contributed by atoms with Crippen LogP contribution >= 0.6 is 0 Å². The number of hydrogen-bond acceptors (Lipinski definition) is 4. The van der Waals surface area contributed by atoms with Gasteiger partial charge in [0.2, 0.25) is 0 Å². The molecule has 0 saturated carbocycles. The van der Waals surface area contributed by atoms with Crippen LogP contribution in [0.15, 0.2) is 42.5 Å². The largest absolute Gasteiger partial charge is 0.459 e. The highest BCUT2D eigenvalue weighted by molar-refractivity contribution is 5.83. The standard InChI is InChI=1S/C14H16.C10H17F3O2.C8H13F3O2/c1-3-11(2)13-9-8-12-6-4-5-7-14(12)10-13;1-6-9(5,10(11,12)13)7(14)15-8(2,3)4;1-4-5(2)7(12)13-6(3)8(9,10)11/h4-11H,3H2,1-2H3;6H2,1-5H3;5-6H,4H2,1-3H3. The van der Waals surface area contributed by atoms with Gasteiger partial charge in [-0.05, 0) is 76.1 Å². The molecule has 240 valence electrons. The highest BCUT2D eigenvalue weighted by atomic mass is 19.4. The molecule has 0 saturated heterocycles. The van der Waals surface area contributed by atoms with E-state index in [2.05, 4.69) is 61.0 Å². The van der Waals surface area contributed by atoms with Gasteiger partial charge in [0.05, 0.1) is 5.92 Å². The highest BCUT2D eigenvalue weighted by Gasteiger charge is 2.57. The molecule has 0 bridgehead atoms. The average Bonchev–Trinajstić information content (AvgIpc) is 2.89. The summed E-state index contributed by atoms with van der Waals surface area (Å²) in [5, 5.41) is 2.69. The first kappa shape index (κ1) is 39.2. The number of ether oxygens (including phenoxy) is 2. The minimum Gasteiger partial charge on any atom is -0.459 e. The van der Waals surface area contributed by atoms with E-state index in [1.54, 1.807) is 6.92 Å². The minimum atomic E-state index is -4.58. The van der Waals surface area contributed by atoms with Gasteiger partial charge in [-0.15, -0.1) is 0 Å². The molecule has 4 unspecified atom stereocenters. The van der Waals surface area contributed by atoms with Crippen LogP contribution in [0.3, 0.4) is 0 Å². The molecule has 0 fully saturated rings. The van der Waals surface area contributed by atoms with Gasteiger partial charge in [-0.2, -0.15) is 26.3 Å². The number of halogens is 6. The Labute approximate surface area is 246 Å². The van der Waals surface area contributed by atoms with Crippen molar-refractivity contribution in [3.05, 3.63) is 48.0 Å². The zero-order valence-electron chi connectivity index (χ0n) is 26.3. The van der Waals surface area contributed by atoms with Crippen LogP contribution in [0.25, 0.3) is 10.8 Å². The van der Waals surface area contributed by atoms with Crippen LogP contribution in [0.5, 0.6) is 0 Å². The van der Waals surface area contributed by atoms with Crippen LogP contribution in [0.4, 0.5) is 26.3 Å². The molecule has 0 aliphatic carbocycles. The molecular formula is C32H46F6O4. The van der Waals surface area contributed by atoms with E-state index in [1.807, 2.05) is 0 Å². The van der Waals surface area contributed by atoms with Gasteiger partial charge in [-0.3, -0.25) is 9.59 Å². The van der Waals surface area contributed by atoms with Crippen molar-refractivity contribution in [2.75, 3.05) is 0 Å². The monoisotopic (exact) mass is 608 g/mol. The molecule has 4 atom stereocenters. The zero-order chi connectivity index (χ0) is 33.1. The van der Waals surface area contributed by atoms with Gasteiger partial charge in [0.25, 0.3) is 0 Å². The lowest BCUT2D eigenvalue weighted by Crippen LogP contribution is -2.45. The Morgan fingerprint density at radius 3 is 1.71 bits per heavy atom. The van der Waals surface area contributed by atoms with Gasteiger partial charge in [0.1, 0.15) is 5.60 Å². The number of benzene rings is 2. The SMILES string of the molecule is CCC(C)(C(=O)OC(C)(C)C)C(F)(F)F.CCC(C)C(=O)OC(C)C(F)(F)F.CCC(C)c1ccc2ccccc2c1. The molecule has 0 radical (unpaired) electrons. The molecule has 0 spiro atoms. The van der Waals surface area contributed by atoms with Crippen molar-refractivity contribution in [2.45, 2.75) is 118 Å². The number of esters is 2. The molecule has 0 aliphatic heterocycles. The third-order valence-corrected chi connectivity index (χ3v) is 6.91. The maximum atomic E-state index is 12.6. The van der Waals surface area contributed by atoms with Crippen LogP contribution in [-0.4, -0.2) is 36.0 Å². The fourth-order valence-corrected chi connectivity index (χ4v) is 3.13. The molecule has 0 aromatic heterocycles. The van der Waals surface area contributed by atoms with Gasteiger partial charge in [0, 0.05) is 0 Å². The number of rotatable bonds is 7. The quantitative estimate of drug-likeness (QED) is 0.232. The van der Waals surface area contributed by atoms with Gasteiger partial charge < -0.3 is 9.47 Å². The molecule has 10 heteroatoms. The second-order valence-corrected chi connectivity index (χ2v) is 11.5. The maximum Gasteiger partial charge on any atom is 0.425 e. The second kappa shape index (κ2) is 16.2. The predicted molar refractivity (Wildman–Crippen MR) is 154 cm³/mol. The van der Waals surface area contributed by atoms with Gasteiger partial charge in [-0.1, -0.05) is 77.1 Å². The first-order chi connectivity index (χ1) is 19.0. The smallest absolute Gasteiger partial charge is 0.425 e. The number of carbonyl (C=O) groups is 2. The van der Waals surface area contributed by atoms with E-state index in [0.29, 0.717) is 12.3 Å². The summed E-state index contributed by atoms with van der Waals surface area (Å²) in [6.45, 7) is 15.4. The minimum absolute atomic E-state index is 0.328. The van der Waals surface area contributed by atoms with Gasteiger partial charge in [0.15, 0.2) is 11.5 Å². The van der Waals surface area contributed by atoms with E-state index in [4.69, 9.17) is 4.74 Å². The van der Waals surface area contributed by atoms with E-state index < -0.39 is 47.3 Å². The molecule has 0 N–H and O–H groups in total. The summed E-state index contributed by atoms with van der Waals surface area (Å²) in [5.41, 5.74) is -1.87. The summed E-state index contributed by atoms with van der Waals surface area (Å²) >= 11 is 0. The molecule has 2 aromatic rings. The van der Waals surface area contributed by atoms with Crippen molar-refractivity contribution in [1.82, 2.24) is 0 Å². The van der Waals surface area contributed by atoms with Crippen LogP contribution < -0.4 is 0 Å². The number of carbonyl (C=O) groups excluding carboxylic acids is 2. The van der Waals surface area contributed by atoms with E-state index in [0.717, 1.165) is 13.8 Å². The first-order valence-corrected chi connectivity index (χ1v) is 14.1. The Balaban J connectivity index is 0.000000602. The lowest BCUT2D eigenvalue weighted by molar-refractivity contribution is -0.236. The molecule has 2 rings (SSSR count). The van der Waals surface area contributed by atoms with Crippen LogP contribution in [0, 0.1) is 11.3 Å². The Bertz CT molecular complexity index is 1120. The summed E-state index contributed by atoms with van der Waals surface area (Å²) in [7, 11) is 0. The van der Waals surface area contributed by atoms with E-state index >= 15 is 0 Å². The number of hydrogen-bond donors (Lipinski definition) is 0. The van der Waals surface area contributed by atoms with Gasteiger partial charge >= 0.3 is 24.3 Å². The first-order valence-electron chi connectivity index (χ1n) is 14.1. The van der Waals surface area contributed by atoms with Crippen LogP contribution in [-0.2, 0) is 19.1 Å². The van der Waals surface area contributed by atoms with Crippen molar-refractivity contribution < 1.29 is 45.4 Å². The molecule has 4 nitrogen and oxygen atoms in total. The molecular weight excluding hydrogens is 562 g/mol. The highest BCUT2D eigenvalue weighted by Crippen LogP contribution is 2.42. The van der Waals surface area contributed by atoms with Gasteiger partial charge in [-0.25, -0.2) is 0 Å². The summed E-state index contributed by atoms with van der Waals surface area (Å²) in [6, 6.07) is 15.3. The Morgan fingerprint density at radius 1 is 0.786 bits per heavy atom. The lowest BCUT2D eigenvalue weighted by Gasteiger charge is -2.32. The number of alkyl halides is 6. The van der Waals surface area contributed by atoms with Crippen molar-refractivity contribution in [2.24, 2.45) is 11.3 Å². The summed E-state index contributed by atoms with van der Waals surface area (Å²) in [4.78, 5) is 22.3. The summed E-state index contributed by atoms with van der Waals surface area (Å²) < 4.78 is 82.6.